The van der Waals surface area contributed by atoms with Gasteiger partial charge in [-0.1, -0.05) is 49.4 Å². The van der Waals surface area contributed by atoms with E-state index in [0.29, 0.717) is 5.69 Å². The second kappa shape index (κ2) is 7.00. The molecule has 0 bridgehead atoms. The quantitative estimate of drug-likeness (QED) is 0.753. The molecule has 4 rings (SSSR count). The average Bonchev–Trinajstić information content (AvgIpc) is 3.12. The van der Waals surface area contributed by atoms with Crippen LogP contribution in [0.5, 0.6) is 0 Å². The van der Waals surface area contributed by atoms with Gasteiger partial charge in [-0.2, -0.15) is 0 Å². The highest BCUT2D eigenvalue weighted by Crippen LogP contribution is 2.33. The van der Waals surface area contributed by atoms with Gasteiger partial charge in [0.05, 0.1) is 0 Å². The lowest BCUT2D eigenvalue weighted by Gasteiger charge is -2.19. The zero-order chi connectivity index (χ0) is 17.9. The average molecular weight is 343 g/mol. The monoisotopic (exact) mass is 343 g/mol. The van der Waals surface area contributed by atoms with Crippen LogP contribution in [-0.4, -0.2) is 17.4 Å². The first-order valence-electron chi connectivity index (χ1n) is 8.98. The molecule has 1 N–H and O–H groups in total. The number of rotatable bonds is 4. The molecule has 1 aliphatic rings. The lowest BCUT2D eigenvalue weighted by Crippen LogP contribution is -2.19. The number of hydrogen-bond acceptors (Lipinski definition) is 3. The van der Waals surface area contributed by atoms with Crippen molar-refractivity contribution in [3.63, 3.8) is 0 Å². The van der Waals surface area contributed by atoms with Gasteiger partial charge in [-0.15, -0.1) is 0 Å². The topological polar surface area (TPSA) is 45.2 Å². The molecule has 3 aromatic rings. The maximum absolute atomic E-state index is 12.7. The molecule has 0 aliphatic carbocycles. The van der Waals surface area contributed by atoms with Gasteiger partial charge in [-0.25, -0.2) is 4.98 Å². The molecule has 26 heavy (non-hydrogen) atoms. The van der Waals surface area contributed by atoms with E-state index in [1.807, 2.05) is 42.5 Å². The molecule has 130 valence electrons. The number of carbonyl (C=O) groups is 1. The Bertz CT molecular complexity index is 951. The van der Waals surface area contributed by atoms with Crippen molar-refractivity contribution in [1.29, 1.82) is 0 Å². The Morgan fingerprint density at radius 1 is 1.04 bits per heavy atom. The fourth-order valence-electron chi connectivity index (χ4n) is 3.41. The van der Waals surface area contributed by atoms with Crippen molar-refractivity contribution in [2.24, 2.45) is 0 Å². The van der Waals surface area contributed by atoms with E-state index in [9.17, 15) is 4.79 Å². The largest absolute Gasteiger partial charge is 0.326 e. The van der Waals surface area contributed by atoms with Gasteiger partial charge in [-0.05, 0) is 48.2 Å². The van der Waals surface area contributed by atoms with Crippen LogP contribution in [0.2, 0.25) is 0 Å². The molecule has 1 aliphatic heterocycles. The van der Waals surface area contributed by atoms with Crippen molar-refractivity contribution < 1.29 is 4.79 Å². The van der Waals surface area contributed by atoms with E-state index >= 15 is 0 Å². The first-order chi connectivity index (χ1) is 12.8. The SMILES string of the molecule is CCc1ccccc1NC(=O)c1cccc(N2CCc3ccccc32)n1. The number of carbonyl (C=O) groups excluding carboxylic acids is 1. The summed E-state index contributed by atoms with van der Waals surface area (Å²) in [7, 11) is 0. The molecule has 0 unspecified atom stereocenters. The van der Waals surface area contributed by atoms with Gasteiger partial charge < -0.3 is 10.2 Å². The number of anilines is 3. The van der Waals surface area contributed by atoms with Crippen molar-refractivity contribution in [3.05, 3.63) is 83.6 Å². The van der Waals surface area contributed by atoms with Gasteiger partial charge in [0.15, 0.2) is 0 Å². The van der Waals surface area contributed by atoms with Gasteiger partial charge in [0.25, 0.3) is 5.91 Å². The Morgan fingerprint density at radius 3 is 2.73 bits per heavy atom. The molecule has 0 spiro atoms. The molecular weight excluding hydrogens is 322 g/mol. The summed E-state index contributed by atoms with van der Waals surface area (Å²) < 4.78 is 0. The van der Waals surface area contributed by atoms with Crippen LogP contribution in [0.1, 0.15) is 28.5 Å². The first kappa shape index (κ1) is 16.3. The molecule has 4 nitrogen and oxygen atoms in total. The molecule has 2 heterocycles. The predicted molar refractivity (Wildman–Crippen MR) is 105 cm³/mol. The van der Waals surface area contributed by atoms with E-state index in [1.165, 1.54) is 11.3 Å². The van der Waals surface area contributed by atoms with Crippen molar-refractivity contribution >= 4 is 23.1 Å². The fourth-order valence-corrected chi connectivity index (χ4v) is 3.41. The molecule has 0 saturated carbocycles. The van der Waals surface area contributed by atoms with Gasteiger partial charge in [0.2, 0.25) is 0 Å². The number of benzene rings is 2. The lowest BCUT2D eigenvalue weighted by atomic mass is 10.1. The molecular formula is C22H21N3O. The molecule has 1 aromatic heterocycles. The van der Waals surface area contributed by atoms with E-state index < -0.39 is 0 Å². The number of amides is 1. The number of nitrogens with one attached hydrogen (secondary N) is 1. The Balaban J connectivity index is 1.59. The summed E-state index contributed by atoms with van der Waals surface area (Å²) in [6.07, 6.45) is 1.87. The maximum atomic E-state index is 12.7. The molecule has 1 amide bonds. The van der Waals surface area contributed by atoms with Crippen LogP contribution >= 0.6 is 0 Å². The van der Waals surface area contributed by atoms with E-state index in [4.69, 9.17) is 0 Å². The summed E-state index contributed by atoms with van der Waals surface area (Å²) in [5.41, 5.74) is 4.89. The van der Waals surface area contributed by atoms with Gasteiger partial charge in [0.1, 0.15) is 11.5 Å². The van der Waals surface area contributed by atoms with Crippen molar-refractivity contribution in [3.8, 4) is 0 Å². The van der Waals surface area contributed by atoms with E-state index in [0.717, 1.165) is 36.5 Å². The summed E-state index contributed by atoms with van der Waals surface area (Å²) in [5.74, 6) is 0.631. The number of pyridine rings is 1. The highest BCUT2D eigenvalue weighted by Gasteiger charge is 2.21. The van der Waals surface area contributed by atoms with Crippen LogP contribution in [0.25, 0.3) is 0 Å². The minimum atomic E-state index is -0.180. The van der Waals surface area contributed by atoms with Gasteiger partial charge in [-0.3, -0.25) is 4.79 Å². The van der Waals surface area contributed by atoms with Crippen molar-refractivity contribution in [2.75, 3.05) is 16.8 Å². The number of nitrogens with zero attached hydrogens (tertiary/aromatic N) is 2. The van der Waals surface area contributed by atoms with Crippen LogP contribution in [0.15, 0.2) is 66.7 Å². The molecule has 0 atom stereocenters. The zero-order valence-electron chi connectivity index (χ0n) is 14.8. The normalized spacial score (nSPS) is 12.7. The highest BCUT2D eigenvalue weighted by atomic mass is 16.1. The van der Waals surface area contributed by atoms with E-state index in [-0.39, 0.29) is 5.91 Å². The molecule has 0 saturated heterocycles. The van der Waals surface area contributed by atoms with Crippen molar-refractivity contribution in [1.82, 2.24) is 4.98 Å². The van der Waals surface area contributed by atoms with Crippen LogP contribution in [0, 0.1) is 0 Å². The van der Waals surface area contributed by atoms with Gasteiger partial charge in [0, 0.05) is 17.9 Å². The number of aromatic nitrogens is 1. The van der Waals surface area contributed by atoms with Crippen LogP contribution in [-0.2, 0) is 12.8 Å². The number of aryl methyl sites for hydroxylation is 1. The van der Waals surface area contributed by atoms with E-state index in [1.54, 1.807) is 6.07 Å². The van der Waals surface area contributed by atoms with Gasteiger partial charge >= 0.3 is 0 Å². The van der Waals surface area contributed by atoms with E-state index in [2.05, 4.69) is 40.3 Å². The standard InChI is InChI=1S/C22H21N3O/c1-2-16-8-3-5-10-18(16)24-22(26)19-11-7-13-21(23-19)25-15-14-17-9-4-6-12-20(17)25/h3-13H,2,14-15H2,1H3,(H,24,26). The number of para-hydroxylation sites is 2. The Labute approximate surface area is 153 Å². The third kappa shape index (κ3) is 3.06. The maximum Gasteiger partial charge on any atom is 0.274 e. The second-order valence-corrected chi connectivity index (χ2v) is 6.38. The predicted octanol–water partition coefficient (Wildman–Crippen LogP) is 4.59. The fraction of sp³-hybridized carbons (Fsp3) is 0.182. The summed E-state index contributed by atoms with van der Waals surface area (Å²) >= 11 is 0. The van der Waals surface area contributed by atoms with Crippen LogP contribution < -0.4 is 10.2 Å². The highest BCUT2D eigenvalue weighted by molar-refractivity contribution is 6.03. The lowest BCUT2D eigenvalue weighted by molar-refractivity contribution is 0.102. The number of hydrogen-bond donors (Lipinski definition) is 1. The van der Waals surface area contributed by atoms with Crippen LogP contribution in [0.4, 0.5) is 17.2 Å². The van der Waals surface area contributed by atoms with Crippen molar-refractivity contribution in [2.45, 2.75) is 19.8 Å². The summed E-state index contributed by atoms with van der Waals surface area (Å²) in [5, 5.41) is 2.99. The molecule has 4 heteroatoms. The molecule has 2 aromatic carbocycles. The Kier molecular flexibility index (Phi) is 4.40. The minimum absolute atomic E-state index is 0.180. The molecule has 0 radical (unpaired) electrons. The molecule has 0 fully saturated rings. The third-order valence-corrected chi connectivity index (χ3v) is 4.78. The Morgan fingerprint density at radius 2 is 1.85 bits per heavy atom. The summed E-state index contributed by atoms with van der Waals surface area (Å²) in [6, 6.07) is 21.8. The first-order valence-corrected chi connectivity index (χ1v) is 8.98. The second-order valence-electron chi connectivity index (χ2n) is 6.38. The smallest absolute Gasteiger partial charge is 0.274 e. The number of fused-ring (bicyclic) bond motifs is 1. The summed E-state index contributed by atoms with van der Waals surface area (Å²) in [4.78, 5) is 19.5. The van der Waals surface area contributed by atoms with Crippen LogP contribution in [0.3, 0.4) is 0 Å². The third-order valence-electron chi connectivity index (χ3n) is 4.78. The Hall–Kier alpha value is -3.14. The zero-order valence-corrected chi connectivity index (χ0v) is 14.8. The summed E-state index contributed by atoms with van der Waals surface area (Å²) in [6.45, 7) is 2.96. The minimum Gasteiger partial charge on any atom is -0.326 e.